The number of hydrogen-bond acceptors (Lipinski definition) is 1. The highest BCUT2D eigenvalue weighted by molar-refractivity contribution is 5.82. The van der Waals surface area contributed by atoms with Crippen LogP contribution in [0.4, 0.5) is 0 Å². The van der Waals surface area contributed by atoms with E-state index in [-0.39, 0.29) is 0 Å². The molecule has 0 unspecified atom stereocenters. The maximum atomic E-state index is 8.94. The average molecular weight is 290 g/mol. The van der Waals surface area contributed by atoms with Crippen LogP contribution in [0.2, 0.25) is 0 Å². The third-order valence-corrected chi connectivity index (χ3v) is 6.21. The molecule has 120 valence electrons. The minimum Gasteiger partial charge on any atom is -0.354 e. The van der Waals surface area contributed by atoms with Gasteiger partial charge < -0.3 is 4.90 Å². The SMILES string of the molecule is N=C(C1CCCCC1)N(C1CCCCC1)C1CCCCC1. The first-order valence-electron chi connectivity index (χ1n) is 9.73. The molecule has 2 heteroatoms. The van der Waals surface area contributed by atoms with Crippen LogP contribution in [0, 0.1) is 11.3 Å². The van der Waals surface area contributed by atoms with Gasteiger partial charge in [0.25, 0.3) is 0 Å². The number of nitrogens with one attached hydrogen (secondary N) is 1. The summed E-state index contributed by atoms with van der Waals surface area (Å²) < 4.78 is 0. The summed E-state index contributed by atoms with van der Waals surface area (Å²) in [6, 6.07) is 1.41. The summed E-state index contributed by atoms with van der Waals surface area (Å²) in [5, 5.41) is 8.94. The highest BCUT2D eigenvalue weighted by Gasteiger charge is 2.33. The number of nitrogens with zero attached hydrogens (tertiary/aromatic N) is 1. The van der Waals surface area contributed by atoms with E-state index in [4.69, 9.17) is 5.41 Å². The van der Waals surface area contributed by atoms with Crippen LogP contribution >= 0.6 is 0 Å². The molecule has 0 heterocycles. The van der Waals surface area contributed by atoms with Gasteiger partial charge in [-0.1, -0.05) is 57.8 Å². The lowest BCUT2D eigenvalue weighted by Crippen LogP contribution is -2.51. The third kappa shape index (κ3) is 3.81. The summed E-state index contributed by atoms with van der Waals surface area (Å²) in [4.78, 5) is 2.66. The maximum absolute atomic E-state index is 8.94. The van der Waals surface area contributed by atoms with Crippen LogP contribution in [0.5, 0.6) is 0 Å². The van der Waals surface area contributed by atoms with Crippen molar-refractivity contribution in [2.45, 2.75) is 108 Å². The zero-order valence-electron chi connectivity index (χ0n) is 13.8. The van der Waals surface area contributed by atoms with Crippen LogP contribution in [0.3, 0.4) is 0 Å². The van der Waals surface area contributed by atoms with Gasteiger partial charge in [0.15, 0.2) is 0 Å². The van der Waals surface area contributed by atoms with E-state index in [0.29, 0.717) is 18.0 Å². The van der Waals surface area contributed by atoms with E-state index in [0.717, 1.165) is 5.84 Å². The van der Waals surface area contributed by atoms with Gasteiger partial charge in [-0.15, -0.1) is 0 Å². The molecule has 3 saturated carbocycles. The third-order valence-electron chi connectivity index (χ3n) is 6.21. The van der Waals surface area contributed by atoms with E-state index in [9.17, 15) is 0 Å². The summed E-state index contributed by atoms with van der Waals surface area (Å²) in [7, 11) is 0. The molecule has 0 saturated heterocycles. The van der Waals surface area contributed by atoms with Gasteiger partial charge in [-0.2, -0.15) is 0 Å². The Morgan fingerprint density at radius 3 is 1.38 bits per heavy atom. The normalized spacial score (nSPS) is 26.7. The zero-order valence-corrected chi connectivity index (χ0v) is 13.8. The van der Waals surface area contributed by atoms with Crippen molar-refractivity contribution in [3.63, 3.8) is 0 Å². The Bertz CT molecular complexity index is 302. The molecule has 2 nitrogen and oxygen atoms in total. The van der Waals surface area contributed by atoms with Crippen LogP contribution in [-0.4, -0.2) is 22.8 Å². The van der Waals surface area contributed by atoms with Crippen LogP contribution in [0.15, 0.2) is 0 Å². The van der Waals surface area contributed by atoms with Crippen molar-refractivity contribution >= 4 is 5.84 Å². The molecule has 0 aromatic carbocycles. The molecule has 3 aliphatic carbocycles. The van der Waals surface area contributed by atoms with Crippen molar-refractivity contribution in [2.24, 2.45) is 5.92 Å². The van der Waals surface area contributed by atoms with E-state index >= 15 is 0 Å². The average Bonchev–Trinajstić information content (AvgIpc) is 2.58. The zero-order chi connectivity index (χ0) is 14.5. The molecular formula is C19H34N2. The van der Waals surface area contributed by atoms with Crippen LogP contribution < -0.4 is 0 Å². The predicted octanol–water partition coefficient (Wildman–Crippen LogP) is 5.51. The van der Waals surface area contributed by atoms with Gasteiger partial charge >= 0.3 is 0 Å². The number of amidine groups is 1. The van der Waals surface area contributed by atoms with Crippen LogP contribution in [-0.2, 0) is 0 Å². The second-order valence-electron chi connectivity index (χ2n) is 7.71. The fourth-order valence-corrected chi connectivity index (χ4v) is 5.00. The predicted molar refractivity (Wildman–Crippen MR) is 89.9 cm³/mol. The lowest BCUT2D eigenvalue weighted by Gasteiger charge is -2.45. The quantitative estimate of drug-likeness (QED) is 0.538. The molecule has 0 aromatic rings. The second kappa shape index (κ2) is 7.65. The smallest absolute Gasteiger partial charge is 0.0994 e. The summed E-state index contributed by atoms with van der Waals surface area (Å²) in [5.41, 5.74) is 0. The Morgan fingerprint density at radius 1 is 0.571 bits per heavy atom. The van der Waals surface area contributed by atoms with E-state index < -0.39 is 0 Å². The Balaban J connectivity index is 1.71. The van der Waals surface area contributed by atoms with Gasteiger partial charge in [-0.3, -0.25) is 5.41 Å². The highest BCUT2D eigenvalue weighted by atomic mass is 15.2. The van der Waals surface area contributed by atoms with Gasteiger partial charge in [0.05, 0.1) is 5.84 Å². The van der Waals surface area contributed by atoms with Gasteiger partial charge in [-0.05, 0) is 38.5 Å². The molecule has 0 bridgehead atoms. The first-order valence-corrected chi connectivity index (χ1v) is 9.73. The molecule has 0 radical (unpaired) electrons. The number of hydrogen-bond donors (Lipinski definition) is 1. The molecule has 0 amide bonds. The molecule has 0 atom stereocenters. The first-order chi connectivity index (χ1) is 10.4. The Hall–Kier alpha value is -0.530. The Morgan fingerprint density at radius 2 is 0.952 bits per heavy atom. The van der Waals surface area contributed by atoms with E-state index in [1.54, 1.807) is 0 Å². The van der Waals surface area contributed by atoms with Crippen molar-refractivity contribution in [1.82, 2.24) is 4.90 Å². The van der Waals surface area contributed by atoms with E-state index in [1.165, 1.54) is 96.3 Å². The standard InChI is InChI=1S/C19H34N2/c20-19(16-10-4-1-5-11-16)21(17-12-6-2-7-13-17)18-14-8-3-9-15-18/h16-18,20H,1-15H2. The molecular weight excluding hydrogens is 256 g/mol. The molecule has 3 fully saturated rings. The van der Waals surface area contributed by atoms with Gasteiger partial charge in [0, 0.05) is 18.0 Å². The largest absolute Gasteiger partial charge is 0.354 e. The summed E-state index contributed by atoms with van der Waals surface area (Å²) in [6.45, 7) is 0. The minimum absolute atomic E-state index is 0.586. The summed E-state index contributed by atoms with van der Waals surface area (Å²) in [6.07, 6.45) is 20.5. The fraction of sp³-hybridized carbons (Fsp3) is 0.947. The molecule has 0 aromatic heterocycles. The van der Waals surface area contributed by atoms with Gasteiger partial charge in [0.2, 0.25) is 0 Å². The van der Waals surface area contributed by atoms with Crippen molar-refractivity contribution in [2.75, 3.05) is 0 Å². The molecule has 3 rings (SSSR count). The van der Waals surface area contributed by atoms with Crippen molar-refractivity contribution in [1.29, 1.82) is 5.41 Å². The second-order valence-corrected chi connectivity index (χ2v) is 7.71. The van der Waals surface area contributed by atoms with Crippen LogP contribution in [0.25, 0.3) is 0 Å². The molecule has 3 aliphatic rings. The summed E-state index contributed by atoms with van der Waals surface area (Å²) >= 11 is 0. The van der Waals surface area contributed by atoms with E-state index in [1.807, 2.05) is 0 Å². The molecule has 0 spiro atoms. The Labute approximate surface area is 131 Å². The fourth-order valence-electron chi connectivity index (χ4n) is 5.00. The lowest BCUT2D eigenvalue weighted by atomic mass is 9.83. The lowest BCUT2D eigenvalue weighted by molar-refractivity contribution is 0.146. The minimum atomic E-state index is 0.586. The van der Waals surface area contributed by atoms with Crippen molar-refractivity contribution in [3.05, 3.63) is 0 Å². The topological polar surface area (TPSA) is 27.1 Å². The monoisotopic (exact) mass is 290 g/mol. The van der Waals surface area contributed by atoms with Gasteiger partial charge in [-0.25, -0.2) is 0 Å². The first kappa shape index (κ1) is 15.4. The number of rotatable bonds is 3. The van der Waals surface area contributed by atoms with Gasteiger partial charge in [0.1, 0.15) is 0 Å². The summed E-state index contributed by atoms with van der Waals surface area (Å²) in [5.74, 6) is 1.64. The van der Waals surface area contributed by atoms with E-state index in [2.05, 4.69) is 4.90 Å². The Kier molecular flexibility index (Phi) is 5.60. The molecule has 21 heavy (non-hydrogen) atoms. The molecule has 0 aliphatic heterocycles. The van der Waals surface area contributed by atoms with Crippen LogP contribution in [0.1, 0.15) is 96.3 Å². The maximum Gasteiger partial charge on any atom is 0.0994 e. The molecule has 1 N–H and O–H groups in total. The van der Waals surface area contributed by atoms with Crippen molar-refractivity contribution in [3.8, 4) is 0 Å². The van der Waals surface area contributed by atoms with Crippen molar-refractivity contribution < 1.29 is 0 Å². The highest BCUT2D eigenvalue weighted by Crippen LogP contribution is 2.34.